The Bertz CT molecular complexity index is 1550. The summed E-state index contributed by atoms with van der Waals surface area (Å²) in [6, 6.07) is 32.5. The maximum atomic E-state index is 2.78. The molecule has 0 saturated heterocycles. The van der Waals surface area contributed by atoms with Gasteiger partial charge in [0.25, 0.3) is 0 Å². The smallest absolute Gasteiger partial charge is 1.00 e. The van der Waals surface area contributed by atoms with Crippen LogP contribution in [0.2, 0.25) is 0 Å². The molecule has 0 saturated carbocycles. The van der Waals surface area contributed by atoms with Crippen molar-refractivity contribution in [2.75, 3.05) is 0 Å². The molecular formula is C62H97Cl3SiTi. The van der Waals surface area contributed by atoms with Crippen molar-refractivity contribution in [3.8, 4) is 0 Å². The van der Waals surface area contributed by atoms with Crippen LogP contribution in [-0.4, -0.2) is 8.07 Å². The maximum absolute atomic E-state index is 2.82. The van der Waals surface area contributed by atoms with Gasteiger partial charge >= 0.3 is 21.7 Å². The summed E-state index contributed by atoms with van der Waals surface area (Å²) >= 11 is 0. The van der Waals surface area contributed by atoms with Crippen molar-refractivity contribution in [2.24, 2.45) is 0 Å². The van der Waals surface area contributed by atoms with Crippen LogP contribution in [0.4, 0.5) is 0 Å². The third-order valence-electron chi connectivity index (χ3n) is 14.2. The zero-order chi connectivity index (χ0) is 45.0. The number of unbranched alkanes of at least 4 members (excludes halogenated alkanes) is 18. The van der Waals surface area contributed by atoms with Crippen molar-refractivity contribution in [3.05, 3.63) is 112 Å². The third-order valence-corrected chi connectivity index (χ3v) is 18.8. The molecule has 0 nitrogen and oxygen atoms in total. The van der Waals surface area contributed by atoms with E-state index in [4.69, 9.17) is 0 Å². The third kappa shape index (κ3) is 22.4. The van der Waals surface area contributed by atoms with Crippen LogP contribution in [0.3, 0.4) is 0 Å². The van der Waals surface area contributed by atoms with Gasteiger partial charge in [0.05, 0.1) is 0 Å². The van der Waals surface area contributed by atoms with Crippen molar-refractivity contribution in [1.82, 2.24) is 0 Å². The molecule has 0 aliphatic carbocycles. The summed E-state index contributed by atoms with van der Waals surface area (Å²) < 4.78 is 0. The molecular weight excluding hydrogens is 927 g/mol. The summed E-state index contributed by atoms with van der Waals surface area (Å²) in [4.78, 5) is 0. The Morgan fingerprint density at radius 2 is 0.552 bits per heavy atom. The van der Waals surface area contributed by atoms with Gasteiger partial charge in [-0.15, -0.1) is 5.19 Å². The minimum atomic E-state index is -2.82. The molecule has 0 bridgehead atoms. The largest absolute Gasteiger partial charge is 4.00 e. The molecule has 0 spiro atoms. The summed E-state index contributed by atoms with van der Waals surface area (Å²) in [6.45, 7) is 16.5. The van der Waals surface area contributed by atoms with E-state index in [-0.39, 0.29) is 58.9 Å². The molecule has 0 aliphatic rings. The van der Waals surface area contributed by atoms with Gasteiger partial charge in [0.2, 0.25) is 0 Å². The van der Waals surface area contributed by atoms with Crippen LogP contribution in [0.5, 0.6) is 0 Å². The molecule has 0 atom stereocenters. The van der Waals surface area contributed by atoms with E-state index in [9.17, 15) is 0 Å². The van der Waals surface area contributed by atoms with Crippen LogP contribution in [0.25, 0.3) is 0 Å². The first kappa shape index (κ1) is 65.8. The van der Waals surface area contributed by atoms with Gasteiger partial charge in [-0.3, -0.25) is 0 Å². The molecule has 0 heterocycles. The van der Waals surface area contributed by atoms with Crippen LogP contribution in [0.15, 0.2) is 72.8 Å². The number of rotatable bonds is 36. The Morgan fingerprint density at radius 1 is 0.299 bits per heavy atom. The first-order chi connectivity index (χ1) is 30.9. The van der Waals surface area contributed by atoms with Crippen LogP contribution < -0.4 is 58.0 Å². The Labute approximate surface area is 450 Å². The zero-order valence-corrected chi connectivity index (χ0v) is 49.0. The van der Waals surface area contributed by atoms with Crippen LogP contribution in [0, 0.1) is 0 Å². The van der Waals surface area contributed by atoms with E-state index in [1.165, 1.54) is 205 Å². The first-order valence-electron chi connectivity index (χ1n) is 27.6. The second kappa shape index (κ2) is 39.4. The fourth-order valence-corrected chi connectivity index (χ4v) is 15.7. The molecule has 5 heteroatoms. The fourth-order valence-electron chi connectivity index (χ4n) is 10.5. The molecule has 4 aromatic rings. The van der Waals surface area contributed by atoms with Gasteiger partial charge in [0.15, 0.2) is 0 Å². The standard InChI is InChI=1S/C62H97Si.3ClH.Ti/c1-8-15-21-27-34-53-42-54(35-28-22-16-9-2)47-60(46-53)63(59-41-40-52(45-59)33-14-7,61-48-55(36-29-23-17-10-3)43-56(49-61)37-30-24-18-11-4)62-50-57(38-31-25-19-12-5)44-58(51-62)39-32-26-20-13-6;;;;/h40-51H,8-39H2,1-7H3;3*1H;/q-1;;;;+4/p-3. The van der Waals surface area contributed by atoms with E-state index in [2.05, 4.69) is 121 Å². The number of aryl methyl sites for hydroxylation is 7. The number of hydrogen-bond acceptors (Lipinski definition) is 0. The summed E-state index contributed by atoms with van der Waals surface area (Å²) in [5, 5.41) is 6.62. The summed E-state index contributed by atoms with van der Waals surface area (Å²) in [6.07, 6.45) is 41.1. The molecule has 0 amide bonds. The van der Waals surface area contributed by atoms with E-state index in [0.717, 1.165) is 6.42 Å². The minimum absolute atomic E-state index is 0. The van der Waals surface area contributed by atoms with E-state index in [1.807, 2.05) is 0 Å². The van der Waals surface area contributed by atoms with Crippen molar-refractivity contribution in [1.29, 1.82) is 0 Å². The number of hydrogen-bond donors (Lipinski definition) is 0. The Hall–Kier alpha value is -1.19. The van der Waals surface area contributed by atoms with Gasteiger partial charge in [0.1, 0.15) is 8.07 Å². The van der Waals surface area contributed by atoms with Crippen molar-refractivity contribution in [3.63, 3.8) is 0 Å². The van der Waals surface area contributed by atoms with Crippen LogP contribution >= 0.6 is 0 Å². The van der Waals surface area contributed by atoms with E-state index in [0.29, 0.717) is 0 Å². The normalized spacial score (nSPS) is 11.1. The molecule has 0 N–H and O–H groups in total. The predicted octanol–water partition coefficient (Wildman–Crippen LogP) is 7.48. The quantitative estimate of drug-likeness (QED) is 0.0192. The summed E-state index contributed by atoms with van der Waals surface area (Å²) in [5.41, 5.74) is 11.1. The SMILES string of the molecule is CCCCCCc1cc(CCCCCC)cc([Si](c2cc(CCCCCC)cc(CCCCCC)c2)(c2cc(CCCCCC)cc(CCCCCC)c2)[c-]2ccc(CCC)c2)c1.[Cl-].[Cl-].[Cl-].[Ti+4]. The van der Waals surface area contributed by atoms with Gasteiger partial charge < -0.3 is 37.2 Å². The van der Waals surface area contributed by atoms with Gasteiger partial charge in [-0.05, 0) is 110 Å². The van der Waals surface area contributed by atoms with Crippen molar-refractivity contribution < 1.29 is 58.9 Å². The molecule has 374 valence electrons. The average molecular weight is 1020 g/mol. The Morgan fingerprint density at radius 3 is 0.776 bits per heavy atom. The number of benzene rings is 3. The topological polar surface area (TPSA) is 0 Å². The second-order valence-electron chi connectivity index (χ2n) is 20.0. The molecule has 0 aromatic heterocycles. The van der Waals surface area contributed by atoms with Gasteiger partial charge in [-0.1, -0.05) is 247 Å². The Kier molecular flexibility index (Phi) is 38.7. The predicted molar refractivity (Wildman–Crippen MR) is 287 cm³/mol. The molecule has 67 heavy (non-hydrogen) atoms. The first-order valence-corrected chi connectivity index (χ1v) is 29.6. The molecule has 4 rings (SSSR count). The van der Waals surface area contributed by atoms with Gasteiger partial charge in [0, 0.05) is 0 Å². The molecule has 0 radical (unpaired) electrons. The van der Waals surface area contributed by atoms with Gasteiger partial charge in [-0.2, -0.15) is 17.7 Å². The Balaban J connectivity index is 0.0000109. The molecule has 0 fully saturated rings. The number of halogens is 3. The van der Waals surface area contributed by atoms with Crippen molar-refractivity contribution in [2.45, 2.75) is 254 Å². The monoisotopic (exact) mass is 1020 g/mol. The molecule has 4 aromatic carbocycles. The van der Waals surface area contributed by atoms with Crippen LogP contribution in [-0.2, 0) is 66.7 Å². The maximum Gasteiger partial charge on any atom is 4.00 e. The summed E-state index contributed by atoms with van der Waals surface area (Å²) in [5.74, 6) is 0. The fraction of sp³-hybridized carbons (Fsp3) is 0.629. The van der Waals surface area contributed by atoms with Gasteiger partial charge in [-0.25, -0.2) is 6.07 Å². The molecule has 0 unspecified atom stereocenters. The van der Waals surface area contributed by atoms with E-state index >= 15 is 0 Å². The van der Waals surface area contributed by atoms with Crippen molar-refractivity contribution >= 4 is 28.8 Å². The van der Waals surface area contributed by atoms with E-state index < -0.39 is 8.07 Å². The van der Waals surface area contributed by atoms with Crippen LogP contribution in [0.1, 0.15) is 248 Å². The minimum Gasteiger partial charge on any atom is -1.00 e. The zero-order valence-electron chi connectivity index (χ0n) is 44.2. The second-order valence-corrected chi connectivity index (χ2v) is 23.8. The average Bonchev–Trinajstić information content (AvgIpc) is 3.76. The molecule has 0 aliphatic heterocycles. The summed E-state index contributed by atoms with van der Waals surface area (Å²) in [7, 11) is -2.82. The van der Waals surface area contributed by atoms with E-state index in [1.54, 1.807) is 54.1 Å².